The third-order valence-corrected chi connectivity index (χ3v) is 6.62. The molecule has 1 N–H and O–H groups in total. The van der Waals surface area contributed by atoms with Gasteiger partial charge in [0.1, 0.15) is 6.04 Å². The smallest absolute Gasteiger partial charge is 0.243 e. The second kappa shape index (κ2) is 12.4. The maximum absolute atomic E-state index is 13.8. The first-order valence-electron chi connectivity index (χ1n) is 12.9. The van der Waals surface area contributed by atoms with Crippen molar-refractivity contribution in [3.8, 4) is 11.5 Å². The van der Waals surface area contributed by atoms with Crippen molar-refractivity contribution in [2.45, 2.75) is 52.6 Å². The Morgan fingerprint density at radius 3 is 2.41 bits per heavy atom. The number of carbonyl (C=O) groups excluding carboxylic acids is 2. The summed E-state index contributed by atoms with van der Waals surface area (Å²) < 4.78 is 10.9. The summed E-state index contributed by atoms with van der Waals surface area (Å²) in [5.41, 5.74) is 4.15. The molecule has 3 aromatic rings. The molecule has 1 heterocycles. The highest BCUT2D eigenvalue weighted by Gasteiger charge is 2.30. The third kappa shape index (κ3) is 7.13. The molecule has 1 aliphatic heterocycles. The molecule has 0 bridgehead atoms. The third-order valence-electron chi connectivity index (χ3n) is 6.62. The van der Waals surface area contributed by atoms with E-state index in [1.807, 2.05) is 79.7 Å². The first kappa shape index (κ1) is 26.3. The van der Waals surface area contributed by atoms with Crippen LogP contribution in [0.2, 0.25) is 0 Å². The fourth-order valence-electron chi connectivity index (χ4n) is 4.44. The summed E-state index contributed by atoms with van der Waals surface area (Å²) >= 11 is 0. The molecule has 0 saturated carbocycles. The van der Waals surface area contributed by atoms with Crippen molar-refractivity contribution in [2.24, 2.45) is 5.92 Å². The molecule has 0 saturated heterocycles. The van der Waals surface area contributed by atoms with Crippen LogP contribution in [0.15, 0.2) is 72.8 Å². The van der Waals surface area contributed by atoms with Gasteiger partial charge >= 0.3 is 0 Å². The number of carbonyl (C=O) groups is 2. The Hall–Kier alpha value is -3.80. The van der Waals surface area contributed by atoms with Crippen LogP contribution in [-0.4, -0.2) is 36.1 Å². The van der Waals surface area contributed by atoms with Gasteiger partial charge < -0.3 is 19.7 Å². The van der Waals surface area contributed by atoms with Crippen molar-refractivity contribution in [1.29, 1.82) is 0 Å². The van der Waals surface area contributed by atoms with Crippen molar-refractivity contribution >= 4 is 11.8 Å². The minimum Gasteiger partial charge on any atom is -0.454 e. The summed E-state index contributed by atoms with van der Waals surface area (Å²) in [7, 11) is 0. The highest BCUT2D eigenvalue weighted by atomic mass is 16.7. The Labute approximate surface area is 219 Å². The number of hydrogen-bond acceptors (Lipinski definition) is 4. The number of nitrogens with one attached hydrogen (secondary N) is 1. The first-order valence-corrected chi connectivity index (χ1v) is 12.9. The van der Waals surface area contributed by atoms with E-state index in [0.717, 1.165) is 28.0 Å². The normalized spacial score (nSPS) is 12.9. The molecule has 6 heteroatoms. The molecule has 1 unspecified atom stereocenters. The molecule has 1 aliphatic rings. The summed E-state index contributed by atoms with van der Waals surface area (Å²) in [6.45, 7) is 7.32. The lowest BCUT2D eigenvalue weighted by Gasteiger charge is -2.32. The molecule has 3 aromatic carbocycles. The van der Waals surface area contributed by atoms with Gasteiger partial charge in [-0.3, -0.25) is 9.59 Å². The van der Waals surface area contributed by atoms with E-state index in [0.29, 0.717) is 37.6 Å². The van der Waals surface area contributed by atoms with E-state index in [1.54, 1.807) is 4.90 Å². The predicted octanol–water partition coefficient (Wildman–Crippen LogP) is 5.07. The maximum Gasteiger partial charge on any atom is 0.243 e. The Kier molecular flexibility index (Phi) is 8.83. The predicted molar refractivity (Wildman–Crippen MR) is 144 cm³/mol. The van der Waals surface area contributed by atoms with Gasteiger partial charge in [-0.15, -0.1) is 0 Å². The molecule has 0 aromatic heterocycles. The molecular formula is C31H36N2O4. The zero-order valence-electron chi connectivity index (χ0n) is 21.9. The van der Waals surface area contributed by atoms with E-state index in [2.05, 4.69) is 19.2 Å². The largest absolute Gasteiger partial charge is 0.454 e. The number of nitrogens with zero attached hydrogens (tertiary/aromatic N) is 1. The fourth-order valence-corrected chi connectivity index (χ4v) is 4.44. The average Bonchev–Trinajstić information content (AvgIpc) is 3.37. The number of fused-ring (bicyclic) bond motifs is 1. The van der Waals surface area contributed by atoms with Gasteiger partial charge in [0.25, 0.3) is 0 Å². The van der Waals surface area contributed by atoms with Crippen LogP contribution in [0, 0.1) is 12.8 Å². The molecule has 1 atom stereocenters. The lowest BCUT2D eigenvalue weighted by Crippen LogP contribution is -2.51. The van der Waals surface area contributed by atoms with Crippen LogP contribution in [0.5, 0.6) is 11.5 Å². The van der Waals surface area contributed by atoms with Gasteiger partial charge in [0, 0.05) is 25.9 Å². The number of benzene rings is 3. The van der Waals surface area contributed by atoms with Gasteiger partial charge in [-0.05, 0) is 53.6 Å². The van der Waals surface area contributed by atoms with Gasteiger partial charge in [0.2, 0.25) is 18.6 Å². The lowest BCUT2D eigenvalue weighted by atomic mass is 10.00. The minimum atomic E-state index is -0.620. The van der Waals surface area contributed by atoms with E-state index >= 15 is 0 Å². The summed E-state index contributed by atoms with van der Waals surface area (Å²) in [5.74, 6) is 1.56. The Morgan fingerprint density at radius 2 is 1.65 bits per heavy atom. The van der Waals surface area contributed by atoms with E-state index < -0.39 is 6.04 Å². The summed E-state index contributed by atoms with van der Waals surface area (Å²) in [4.78, 5) is 29.1. The van der Waals surface area contributed by atoms with Gasteiger partial charge in [-0.2, -0.15) is 0 Å². The molecule has 4 rings (SSSR count). The van der Waals surface area contributed by atoms with E-state index in [9.17, 15) is 9.59 Å². The van der Waals surface area contributed by atoms with Crippen LogP contribution >= 0.6 is 0 Å². The van der Waals surface area contributed by atoms with Crippen molar-refractivity contribution in [3.63, 3.8) is 0 Å². The Morgan fingerprint density at radius 1 is 0.919 bits per heavy atom. The topological polar surface area (TPSA) is 67.9 Å². The number of rotatable bonds is 11. The van der Waals surface area contributed by atoms with Gasteiger partial charge in [0.15, 0.2) is 11.5 Å². The van der Waals surface area contributed by atoms with E-state index in [-0.39, 0.29) is 25.0 Å². The first-order chi connectivity index (χ1) is 17.9. The van der Waals surface area contributed by atoms with E-state index in [1.165, 1.54) is 0 Å². The molecule has 0 spiro atoms. The second-order valence-electron chi connectivity index (χ2n) is 9.98. The summed E-state index contributed by atoms with van der Waals surface area (Å²) in [5, 5.41) is 3.08. The van der Waals surface area contributed by atoms with Crippen LogP contribution in [0.1, 0.15) is 42.5 Å². The number of aryl methyl sites for hydroxylation is 2. The van der Waals surface area contributed by atoms with Gasteiger partial charge in [0.05, 0.1) is 0 Å². The van der Waals surface area contributed by atoms with Crippen molar-refractivity contribution in [2.75, 3.05) is 13.3 Å². The summed E-state index contributed by atoms with van der Waals surface area (Å²) in [6, 6.07) is 23.1. The monoisotopic (exact) mass is 500 g/mol. The van der Waals surface area contributed by atoms with Crippen LogP contribution in [-0.2, 0) is 29.0 Å². The van der Waals surface area contributed by atoms with Crippen molar-refractivity contribution in [1.82, 2.24) is 10.2 Å². The summed E-state index contributed by atoms with van der Waals surface area (Å²) in [6.07, 6.45) is 1.28. The SMILES string of the molecule is Cc1ccccc1CN(C(=O)CCc1ccc2c(c1)OCO2)C(Cc1ccccc1)C(=O)NCC(C)C. The van der Waals surface area contributed by atoms with Crippen molar-refractivity contribution < 1.29 is 19.1 Å². The maximum atomic E-state index is 13.8. The molecule has 2 amide bonds. The number of hydrogen-bond donors (Lipinski definition) is 1. The van der Waals surface area contributed by atoms with Crippen LogP contribution in [0.4, 0.5) is 0 Å². The average molecular weight is 501 g/mol. The highest BCUT2D eigenvalue weighted by Crippen LogP contribution is 2.33. The fraction of sp³-hybridized carbons (Fsp3) is 0.355. The van der Waals surface area contributed by atoms with Gasteiger partial charge in [-0.1, -0.05) is 74.5 Å². The van der Waals surface area contributed by atoms with Crippen LogP contribution in [0.3, 0.4) is 0 Å². The molecule has 0 fully saturated rings. The Balaban J connectivity index is 1.60. The Bertz CT molecular complexity index is 1210. The highest BCUT2D eigenvalue weighted by molar-refractivity contribution is 5.88. The van der Waals surface area contributed by atoms with Crippen LogP contribution in [0.25, 0.3) is 0 Å². The quantitative estimate of drug-likeness (QED) is 0.399. The molecular weight excluding hydrogens is 464 g/mol. The van der Waals surface area contributed by atoms with Gasteiger partial charge in [-0.25, -0.2) is 0 Å². The molecule has 0 aliphatic carbocycles. The molecule has 0 radical (unpaired) electrons. The van der Waals surface area contributed by atoms with Crippen LogP contribution < -0.4 is 14.8 Å². The lowest BCUT2D eigenvalue weighted by molar-refractivity contribution is -0.141. The molecule has 194 valence electrons. The number of ether oxygens (including phenoxy) is 2. The number of amides is 2. The van der Waals surface area contributed by atoms with E-state index in [4.69, 9.17) is 9.47 Å². The molecule has 37 heavy (non-hydrogen) atoms. The molecule has 6 nitrogen and oxygen atoms in total. The standard InChI is InChI=1S/C31H36N2O4/c1-22(2)19-32-31(35)27(17-24-10-5-4-6-11-24)33(20-26-12-8-7-9-23(26)3)30(34)16-14-25-13-15-28-29(18-25)37-21-36-28/h4-13,15,18,22,27H,14,16-17,19-21H2,1-3H3,(H,32,35). The van der Waals surface area contributed by atoms with Crippen molar-refractivity contribution in [3.05, 3.63) is 95.1 Å². The zero-order valence-corrected chi connectivity index (χ0v) is 21.9. The second-order valence-corrected chi connectivity index (χ2v) is 9.98. The zero-order chi connectivity index (χ0) is 26.2. The minimum absolute atomic E-state index is 0.0541.